The maximum atomic E-state index is 12.1. The van der Waals surface area contributed by atoms with Gasteiger partial charge in [0.1, 0.15) is 12.4 Å². The summed E-state index contributed by atoms with van der Waals surface area (Å²) in [4.78, 5) is 16.5. The van der Waals surface area contributed by atoms with E-state index in [-0.39, 0.29) is 6.03 Å². The molecule has 0 aliphatic carbocycles. The van der Waals surface area contributed by atoms with Crippen molar-refractivity contribution >= 4 is 22.6 Å². The summed E-state index contributed by atoms with van der Waals surface area (Å²) in [7, 11) is 0. The fraction of sp³-hybridized carbons (Fsp3) is 0.238. The van der Waals surface area contributed by atoms with Gasteiger partial charge in [-0.15, -0.1) is 0 Å². The Morgan fingerprint density at radius 2 is 1.81 bits per heavy atom. The highest BCUT2D eigenvalue weighted by Gasteiger charge is 2.08. The second kappa shape index (κ2) is 7.87. The molecular formula is C21H23N3O2. The van der Waals surface area contributed by atoms with Crippen LogP contribution in [0.2, 0.25) is 0 Å². The summed E-state index contributed by atoms with van der Waals surface area (Å²) < 4.78 is 5.86. The Morgan fingerprint density at radius 3 is 2.65 bits per heavy atom. The lowest BCUT2D eigenvalue weighted by Gasteiger charge is -2.14. The average molecular weight is 349 g/mol. The van der Waals surface area contributed by atoms with E-state index >= 15 is 0 Å². The molecule has 0 saturated carbocycles. The molecule has 2 aromatic carbocycles. The van der Waals surface area contributed by atoms with Gasteiger partial charge in [-0.05, 0) is 49.6 Å². The molecule has 2 amide bonds. The lowest BCUT2D eigenvalue weighted by Crippen LogP contribution is -2.32. The van der Waals surface area contributed by atoms with Crippen molar-refractivity contribution in [2.45, 2.75) is 20.8 Å². The van der Waals surface area contributed by atoms with Crippen molar-refractivity contribution in [3.05, 3.63) is 65.4 Å². The number of pyridine rings is 1. The summed E-state index contributed by atoms with van der Waals surface area (Å²) in [6.07, 6.45) is 1.71. The number of carbonyl (C=O) groups is 1. The summed E-state index contributed by atoms with van der Waals surface area (Å²) >= 11 is 0. The molecule has 0 bridgehead atoms. The largest absolute Gasteiger partial charge is 0.491 e. The number of ether oxygens (including phenoxy) is 1. The number of benzene rings is 2. The minimum absolute atomic E-state index is 0.274. The highest BCUT2D eigenvalue weighted by molar-refractivity contribution is 5.99. The molecular weight excluding hydrogens is 326 g/mol. The van der Waals surface area contributed by atoms with E-state index in [0.717, 1.165) is 27.8 Å². The van der Waals surface area contributed by atoms with E-state index in [1.54, 1.807) is 6.20 Å². The van der Waals surface area contributed by atoms with E-state index < -0.39 is 0 Å². The molecule has 2 N–H and O–H groups in total. The zero-order valence-corrected chi connectivity index (χ0v) is 15.3. The summed E-state index contributed by atoms with van der Waals surface area (Å²) in [5, 5.41) is 6.65. The van der Waals surface area contributed by atoms with Gasteiger partial charge in [0.05, 0.1) is 17.7 Å². The molecule has 134 valence electrons. The lowest BCUT2D eigenvalue weighted by molar-refractivity contribution is 0.247. The summed E-state index contributed by atoms with van der Waals surface area (Å²) in [5.41, 5.74) is 4.88. The van der Waals surface area contributed by atoms with E-state index in [1.807, 2.05) is 50.2 Å². The van der Waals surface area contributed by atoms with Crippen molar-refractivity contribution in [2.75, 3.05) is 18.5 Å². The summed E-state index contributed by atoms with van der Waals surface area (Å²) in [6, 6.07) is 13.4. The first-order valence-electron chi connectivity index (χ1n) is 8.64. The Kier molecular flexibility index (Phi) is 5.37. The maximum absolute atomic E-state index is 12.1. The fourth-order valence-electron chi connectivity index (χ4n) is 2.84. The quantitative estimate of drug-likeness (QED) is 0.673. The van der Waals surface area contributed by atoms with Crippen molar-refractivity contribution in [1.82, 2.24) is 10.3 Å². The number of aryl methyl sites for hydroxylation is 2. The van der Waals surface area contributed by atoms with Crippen LogP contribution in [0.5, 0.6) is 5.75 Å². The van der Waals surface area contributed by atoms with Crippen LogP contribution in [-0.4, -0.2) is 24.2 Å². The Balaban J connectivity index is 1.54. The van der Waals surface area contributed by atoms with Gasteiger partial charge >= 0.3 is 6.03 Å². The third-order valence-electron chi connectivity index (χ3n) is 4.39. The van der Waals surface area contributed by atoms with Crippen LogP contribution in [-0.2, 0) is 0 Å². The Hall–Kier alpha value is -3.08. The van der Waals surface area contributed by atoms with Crippen molar-refractivity contribution in [3.63, 3.8) is 0 Å². The number of para-hydroxylation sites is 1. The molecule has 1 aromatic heterocycles. The first kappa shape index (κ1) is 17.7. The zero-order chi connectivity index (χ0) is 18.5. The summed E-state index contributed by atoms with van der Waals surface area (Å²) in [5.74, 6) is 0.894. The molecule has 0 aliphatic rings. The van der Waals surface area contributed by atoms with E-state index in [0.29, 0.717) is 18.8 Å². The van der Waals surface area contributed by atoms with E-state index in [1.165, 1.54) is 5.56 Å². The fourth-order valence-corrected chi connectivity index (χ4v) is 2.84. The molecule has 5 heteroatoms. The van der Waals surface area contributed by atoms with E-state index in [2.05, 4.69) is 28.6 Å². The number of anilines is 1. The van der Waals surface area contributed by atoms with Crippen LogP contribution in [0.3, 0.4) is 0 Å². The zero-order valence-electron chi connectivity index (χ0n) is 15.3. The van der Waals surface area contributed by atoms with Crippen LogP contribution in [0.1, 0.15) is 16.7 Å². The second-order valence-electron chi connectivity index (χ2n) is 6.26. The van der Waals surface area contributed by atoms with Crippen molar-refractivity contribution < 1.29 is 9.53 Å². The number of fused-ring (bicyclic) bond motifs is 1. The molecule has 0 spiro atoms. The topological polar surface area (TPSA) is 63.2 Å². The number of hydrogen-bond acceptors (Lipinski definition) is 3. The first-order valence-corrected chi connectivity index (χ1v) is 8.64. The van der Waals surface area contributed by atoms with Crippen LogP contribution in [0.25, 0.3) is 10.9 Å². The van der Waals surface area contributed by atoms with Gasteiger partial charge in [0.25, 0.3) is 0 Å². The Morgan fingerprint density at radius 1 is 1.04 bits per heavy atom. The van der Waals surface area contributed by atoms with Crippen LogP contribution in [0.4, 0.5) is 10.5 Å². The number of urea groups is 1. The molecule has 1 heterocycles. The molecule has 0 saturated heterocycles. The highest BCUT2D eigenvalue weighted by Crippen LogP contribution is 2.25. The molecule has 0 fully saturated rings. The maximum Gasteiger partial charge on any atom is 0.319 e. The van der Waals surface area contributed by atoms with Gasteiger partial charge in [0.2, 0.25) is 0 Å². The van der Waals surface area contributed by atoms with Gasteiger partial charge in [-0.2, -0.15) is 0 Å². The minimum atomic E-state index is -0.274. The smallest absolute Gasteiger partial charge is 0.319 e. The number of rotatable bonds is 5. The standard InChI is InChI=1S/C21H23N3O2/c1-14-9-10-15(2)20(16(14)3)26-13-12-23-21(25)24-18-8-4-6-17-7-5-11-22-19(17)18/h4-11H,12-13H2,1-3H3,(H2,23,24,25). The highest BCUT2D eigenvalue weighted by atomic mass is 16.5. The van der Waals surface area contributed by atoms with Gasteiger partial charge in [-0.25, -0.2) is 4.79 Å². The van der Waals surface area contributed by atoms with Crippen molar-refractivity contribution in [2.24, 2.45) is 0 Å². The van der Waals surface area contributed by atoms with Gasteiger partial charge in [0, 0.05) is 11.6 Å². The average Bonchev–Trinajstić information content (AvgIpc) is 2.64. The number of amides is 2. The molecule has 5 nitrogen and oxygen atoms in total. The van der Waals surface area contributed by atoms with Crippen LogP contribution in [0, 0.1) is 20.8 Å². The van der Waals surface area contributed by atoms with Gasteiger partial charge in [-0.3, -0.25) is 4.98 Å². The third-order valence-corrected chi connectivity index (χ3v) is 4.39. The molecule has 3 aromatic rings. The SMILES string of the molecule is Cc1ccc(C)c(OCCNC(=O)Nc2cccc3cccnc23)c1C. The Labute approximate surface area is 153 Å². The summed E-state index contributed by atoms with van der Waals surface area (Å²) in [6.45, 7) is 6.95. The van der Waals surface area contributed by atoms with Gasteiger partial charge < -0.3 is 15.4 Å². The number of hydrogen-bond donors (Lipinski definition) is 2. The van der Waals surface area contributed by atoms with Gasteiger partial charge in [0.15, 0.2) is 0 Å². The van der Waals surface area contributed by atoms with Gasteiger partial charge in [-0.1, -0.05) is 30.3 Å². The minimum Gasteiger partial charge on any atom is -0.491 e. The molecule has 0 aliphatic heterocycles. The van der Waals surface area contributed by atoms with E-state index in [9.17, 15) is 4.79 Å². The predicted octanol–water partition coefficient (Wildman–Crippen LogP) is 4.36. The van der Waals surface area contributed by atoms with Crippen molar-refractivity contribution in [3.8, 4) is 5.75 Å². The van der Waals surface area contributed by atoms with Crippen LogP contribution >= 0.6 is 0 Å². The molecule has 0 atom stereocenters. The first-order chi connectivity index (χ1) is 12.6. The molecule has 0 radical (unpaired) electrons. The Bertz CT molecular complexity index is 932. The molecule has 3 rings (SSSR count). The third kappa shape index (κ3) is 3.94. The molecule has 26 heavy (non-hydrogen) atoms. The number of carbonyl (C=O) groups excluding carboxylic acids is 1. The lowest BCUT2D eigenvalue weighted by atomic mass is 10.1. The number of nitrogens with one attached hydrogen (secondary N) is 2. The van der Waals surface area contributed by atoms with E-state index in [4.69, 9.17) is 4.74 Å². The van der Waals surface area contributed by atoms with Crippen LogP contribution < -0.4 is 15.4 Å². The number of aromatic nitrogens is 1. The number of nitrogens with zero attached hydrogens (tertiary/aromatic N) is 1. The normalized spacial score (nSPS) is 10.6. The van der Waals surface area contributed by atoms with Crippen LogP contribution in [0.15, 0.2) is 48.7 Å². The predicted molar refractivity (Wildman–Crippen MR) is 105 cm³/mol. The molecule has 0 unspecified atom stereocenters. The second-order valence-corrected chi connectivity index (χ2v) is 6.26. The van der Waals surface area contributed by atoms with Crippen molar-refractivity contribution in [1.29, 1.82) is 0 Å². The monoisotopic (exact) mass is 349 g/mol.